The minimum Gasteiger partial charge on any atom is -0.343 e. The molecule has 1 fully saturated rings. The molecule has 98 valence electrons. The zero-order chi connectivity index (χ0) is 13.3. The van der Waals surface area contributed by atoms with Gasteiger partial charge in [0.25, 0.3) is 0 Å². The topological polar surface area (TPSA) is 57.7 Å². The monoisotopic (exact) mass is 268 g/mol. The van der Waals surface area contributed by atoms with E-state index in [0.29, 0.717) is 13.1 Å². The van der Waals surface area contributed by atoms with Crippen molar-refractivity contribution in [3.8, 4) is 0 Å². The van der Waals surface area contributed by atoms with Gasteiger partial charge in [0.05, 0.1) is 11.4 Å². The fraction of sp³-hybridized carbons (Fsp3) is 0.417. The Morgan fingerprint density at radius 2 is 1.94 bits per heavy atom. The molecule has 0 N–H and O–H groups in total. The number of likely N-dealkylation sites (N-methyl/N-ethyl adjacent to an activating group) is 1. The van der Waals surface area contributed by atoms with Crippen LogP contribution in [0, 0.1) is 6.92 Å². The Kier molecular flexibility index (Phi) is 3.41. The summed E-state index contributed by atoms with van der Waals surface area (Å²) >= 11 is 0. The maximum Gasteiger partial charge on any atom is 0.243 e. The molecule has 1 aliphatic rings. The van der Waals surface area contributed by atoms with Gasteiger partial charge in [0.2, 0.25) is 15.9 Å². The highest BCUT2D eigenvalue weighted by Crippen LogP contribution is 2.18. The average Bonchev–Trinajstić information content (AvgIpc) is 2.32. The van der Waals surface area contributed by atoms with Gasteiger partial charge in [0.1, 0.15) is 0 Å². The third-order valence-electron chi connectivity index (χ3n) is 3.05. The Hall–Kier alpha value is -1.40. The maximum absolute atomic E-state index is 12.3. The van der Waals surface area contributed by atoms with Gasteiger partial charge in [-0.05, 0) is 24.6 Å². The molecule has 6 heteroatoms. The van der Waals surface area contributed by atoms with Crippen LogP contribution in [0.1, 0.15) is 5.56 Å². The summed E-state index contributed by atoms with van der Waals surface area (Å²) in [6.07, 6.45) is 0. The van der Waals surface area contributed by atoms with Crippen molar-refractivity contribution in [2.75, 3.05) is 26.7 Å². The van der Waals surface area contributed by atoms with E-state index in [1.165, 1.54) is 4.31 Å². The molecule has 2 rings (SSSR count). The first-order valence-electron chi connectivity index (χ1n) is 5.72. The van der Waals surface area contributed by atoms with Crippen LogP contribution in [0.4, 0.5) is 0 Å². The average molecular weight is 268 g/mol. The highest BCUT2D eigenvalue weighted by molar-refractivity contribution is 7.89. The number of carbonyl (C=O) groups excluding carboxylic acids is 1. The first kappa shape index (κ1) is 13.0. The summed E-state index contributed by atoms with van der Waals surface area (Å²) in [6, 6.07) is 6.73. The van der Waals surface area contributed by atoms with E-state index in [-0.39, 0.29) is 17.3 Å². The molecule has 0 spiro atoms. The summed E-state index contributed by atoms with van der Waals surface area (Å²) in [6.45, 7) is 2.54. The fourth-order valence-electron chi connectivity index (χ4n) is 1.87. The second-order valence-electron chi connectivity index (χ2n) is 4.47. The summed E-state index contributed by atoms with van der Waals surface area (Å²) in [7, 11) is -1.88. The molecule has 0 saturated carbocycles. The number of rotatable bonds is 2. The van der Waals surface area contributed by atoms with Gasteiger partial charge in [-0.1, -0.05) is 12.1 Å². The minimum absolute atomic E-state index is 0.0766. The van der Waals surface area contributed by atoms with Crippen molar-refractivity contribution in [1.82, 2.24) is 9.21 Å². The van der Waals surface area contributed by atoms with Crippen LogP contribution < -0.4 is 0 Å². The highest BCUT2D eigenvalue weighted by Gasteiger charge is 2.31. The Morgan fingerprint density at radius 1 is 1.22 bits per heavy atom. The van der Waals surface area contributed by atoms with Crippen LogP contribution in [0.3, 0.4) is 0 Å². The van der Waals surface area contributed by atoms with Crippen molar-refractivity contribution in [3.05, 3.63) is 29.8 Å². The van der Waals surface area contributed by atoms with Gasteiger partial charge < -0.3 is 4.90 Å². The summed E-state index contributed by atoms with van der Waals surface area (Å²) in [5, 5.41) is 0. The van der Waals surface area contributed by atoms with E-state index in [4.69, 9.17) is 0 Å². The van der Waals surface area contributed by atoms with E-state index in [1.807, 2.05) is 13.0 Å². The summed E-state index contributed by atoms with van der Waals surface area (Å²) < 4.78 is 25.9. The zero-order valence-corrected chi connectivity index (χ0v) is 11.3. The first-order chi connectivity index (χ1) is 8.41. The van der Waals surface area contributed by atoms with Crippen LogP contribution in [0.15, 0.2) is 29.2 Å². The lowest BCUT2D eigenvalue weighted by Crippen LogP contribution is -2.50. The largest absolute Gasteiger partial charge is 0.343 e. The van der Waals surface area contributed by atoms with Gasteiger partial charge in [0, 0.05) is 20.1 Å². The Morgan fingerprint density at radius 3 is 2.56 bits per heavy atom. The number of benzene rings is 1. The van der Waals surface area contributed by atoms with Crippen molar-refractivity contribution >= 4 is 15.9 Å². The third kappa shape index (κ3) is 2.39. The number of hydrogen-bond acceptors (Lipinski definition) is 3. The van der Waals surface area contributed by atoms with Crippen molar-refractivity contribution < 1.29 is 13.2 Å². The van der Waals surface area contributed by atoms with Gasteiger partial charge >= 0.3 is 0 Å². The molecule has 1 aliphatic heterocycles. The minimum atomic E-state index is -3.56. The van der Waals surface area contributed by atoms with Crippen molar-refractivity contribution in [1.29, 1.82) is 0 Å². The van der Waals surface area contributed by atoms with Crippen LogP contribution in [0.25, 0.3) is 0 Å². The van der Waals surface area contributed by atoms with E-state index < -0.39 is 10.0 Å². The van der Waals surface area contributed by atoms with Gasteiger partial charge in [-0.3, -0.25) is 4.79 Å². The second-order valence-corrected chi connectivity index (χ2v) is 6.41. The lowest BCUT2D eigenvalue weighted by atomic mass is 10.2. The normalized spacial score (nSPS) is 18.1. The zero-order valence-electron chi connectivity index (χ0n) is 10.5. The lowest BCUT2D eigenvalue weighted by Gasteiger charge is -2.31. The molecule has 1 aromatic rings. The molecule has 18 heavy (non-hydrogen) atoms. The Bertz CT molecular complexity index is 568. The molecule has 1 aromatic carbocycles. The maximum atomic E-state index is 12.3. The molecular weight excluding hydrogens is 252 g/mol. The van der Waals surface area contributed by atoms with Gasteiger partial charge in [-0.15, -0.1) is 0 Å². The number of aryl methyl sites for hydroxylation is 1. The molecular formula is C12H16N2O3S. The van der Waals surface area contributed by atoms with Crippen LogP contribution >= 0.6 is 0 Å². The summed E-state index contributed by atoms with van der Waals surface area (Å²) in [5.74, 6) is -0.169. The number of sulfonamides is 1. The van der Waals surface area contributed by atoms with Gasteiger partial charge in [-0.25, -0.2) is 8.42 Å². The quantitative estimate of drug-likeness (QED) is 0.783. The fourth-order valence-corrected chi connectivity index (χ4v) is 3.35. The predicted molar refractivity (Wildman–Crippen MR) is 67.6 cm³/mol. The van der Waals surface area contributed by atoms with E-state index >= 15 is 0 Å². The molecule has 0 bridgehead atoms. The summed E-state index contributed by atoms with van der Waals surface area (Å²) in [4.78, 5) is 13.4. The van der Waals surface area contributed by atoms with Crippen molar-refractivity contribution in [3.63, 3.8) is 0 Å². The van der Waals surface area contributed by atoms with Gasteiger partial charge in [0.15, 0.2) is 0 Å². The Balaban J connectivity index is 2.30. The van der Waals surface area contributed by atoms with Crippen molar-refractivity contribution in [2.24, 2.45) is 0 Å². The molecule has 1 saturated heterocycles. The van der Waals surface area contributed by atoms with E-state index in [0.717, 1.165) is 5.56 Å². The molecule has 1 amide bonds. The number of nitrogens with zero attached hydrogens (tertiary/aromatic N) is 2. The third-order valence-corrected chi connectivity index (χ3v) is 4.89. The molecule has 0 atom stereocenters. The second kappa shape index (κ2) is 4.70. The van der Waals surface area contributed by atoms with E-state index in [2.05, 4.69) is 0 Å². The molecule has 0 aromatic heterocycles. The smallest absolute Gasteiger partial charge is 0.243 e. The van der Waals surface area contributed by atoms with Crippen molar-refractivity contribution in [2.45, 2.75) is 11.8 Å². The van der Waals surface area contributed by atoms with Crippen LogP contribution in [-0.4, -0.2) is 50.2 Å². The SMILES string of the molecule is Cc1cccc(S(=O)(=O)N2CCN(C)C(=O)C2)c1. The lowest BCUT2D eigenvalue weighted by molar-refractivity contribution is -0.132. The molecule has 0 aliphatic carbocycles. The van der Waals surface area contributed by atoms with E-state index in [1.54, 1.807) is 30.1 Å². The number of carbonyl (C=O) groups is 1. The standard InChI is InChI=1S/C12H16N2O3S/c1-10-4-3-5-11(8-10)18(16,17)14-7-6-13(2)12(15)9-14/h3-5,8H,6-7,9H2,1-2H3. The molecule has 5 nitrogen and oxygen atoms in total. The van der Waals surface area contributed by atoms with Crippen LogP contribution in [-0.2, 0) is 14.8 Å². The number of hydrogen-bond donors (Lipinski definition) is 0. The molecule has 1 heterocycles. The van der Waals surface area contributed by atoms with E-state index in [9.17, 15) is 13.2 Å². The number of piperazine rings is 1. The molecule has 0 unspecified atom stereocenters. The van der Waals surface area contributed by atoms with Gasteiger partial charge in [-0.2, -0.15) is 4.31 Å². The Labute approximate surface area is 107 Å². The van der Waals surface area contributed by atoms with Crippen LogP contribution in [0.2, 0.25) is 0 Å². The highest BCUT2D eigenvalue weighted by atomic mass is 32.2. The summed E-state index contributed by atoms with van der Waals surface area (Å²) in [5.41, 5.74) is 0.886. The predicted octanol–water partition coefficient (Wildman–Crippen LogP) is 0.458. The molecule has 0 radical (unpaired) electrons. The van der Waals surface area contributed by atoms with Crippen LogP contribution in [0.5, 0.6) is 0 Å². The first-order valence-corrected chi connectivity index (χ1v) is 7.16. The number of amides is 1.